The summed E-state index contributed by atoms with van der Waals surface area (Å²) in [4.78, 5) is 12.4. The molecule has 0 aromatic carbocycles. The molecule has 1 rings (SSSR count). The van der Waals surface area contributed by atoms with Crippen molar-refractivity contribution in [3.63, 3.8) is 0 Å². The van der Waals surface area contributed by atoms with Crippen LogP contribution in [0.4, 0.5) is 0 Å². The van der Waals surface area contributed by atoms with E-state index in [0.717, 1.165) is 11.3 Å². The van der Waals surface area contributed by atoms with Gasteiger partial charge in [-0.15, -0.1) is 11.3 Å². The zero-order valence-electron chi connectivity index (χ0n) is 8.64. The Morgan fingerprint density at radius 1 is 1.73 bits per heavy atom. The largest absolute Gasteiger partial charge is 0.394 e. The summed E-state index contributed by atoms with van der Waals surface area (Å²) in [7, 11) is 0. The molecule has 1 aromatic rings. The van der Waals surface area contributed by atoms with Gasteiger partial charge in [-0.2, -0.15) is 0 Å². The number of nitrogens with one attached hydrogen (secondary N) is 1. The first-order valence-electron chi connectivity index (χ1n) is 4.89. The van der Waals surface area contributed by atoms with Gasteiger partial charge >= 0.3 is 0 Å². The van der Waals surface area contributed by atoms with Crippen LogP contribution in [0.25, 0.3) is 6.08 Å². The summed E-state index contributed by atoms with van der Waals surface area (Å²) < 4.78 is 0. The van der Waals surface area contributed by atoms with Crippen LogP contribution in [0.1, 0.15) is 18.2 Å². The summed E-state index contributed by atoms with van der Waals surface area (Å²) in [5.41, 5.74) is 0. The molecule has 0 fully saturated rings. The number of carbonyl (C=O) groups excluding carboxylic acids is 1. The maximum atomic E-state index is 11.4. The fourth-order valence-electron chi connectivity index (χ4n) is 1.07. The maximum Gasteiger partial charge on any atom is 0.244 e. The van der Waals surface area contributed by atoms with Crippen molar-refractivity contribution in [2.75, 3.05) is 6.61 Å². The fourth-order valence-corrected chi connectivity index (χ4v) is 1.69. The zero-order chi connectivity index (χ0) is 11.1. The number of aliphatic hydroxyl groups excluding tert-OH is 1. The van der Waals surface area contributed by atoms with E-state index >= 15 is 0 Å². The van der Waals surface area contributed by atoms with Crippen molar-refractivity contribution in [3.05, 3.63) is 28.5 Å². The van der Waals surface area contributed by atoms with Crippen molar-refractivity contribution >= 4 is 23.3 Å². The van der Waals surface area contributed by atoms with Crippen LogP contribution >= 0.6 is 11.3 Å². The number of carbonyl (C=O) groups is 1. The SMILES string of the molecule is CC[C@H](CO)NC(=O)/C=C/c1cccs1. The Balaban J connectivity index is 2.42. The summed E-state index contributed by atoms with van der Waals surface area (Å²) in [5.74, 6) is -0.163. The molecule has 82 valence electrons. The van der Waals surface area contributed by atoms with Crippen molar-refractivity contribution in [2.24, 2.45) is 0 Å². The third-order valence-electron chi connectivity index (χ3n) is 2.00. The third kappa shape index (κ3) is 4.27. The molecule has 15 heavy (non-hydrogen) atoms. The van der Waals surface area contributed by atoms with E-state index in [9.17, 15) is 4.79 Å². The van der Waals surface area contributed by atoms with Crippen LogP contribution in [-0.2, 0) is 4.79 Å². The lowest BCUT2D eigenvalue weighted by Gasteiger charge is -2.11. The molecule has 0 saturated heterocycles. The molecule has 1 atom stereocenters. The maximum absolute atomic E-state index is 11.4. The van der Waals surface area contributed by atoms with Crippen molar-refractivity contribution in [3.8, 4) is 0 Å². The van der Waals surface area contributed by atoms with Gasteiger partial charge in [0.05, 0.1) is 12.6 Å². The number of amides is 1. The average Bonchev–Trinajstić information content (AvgIpc) is 2.75. The molecule has 1 amide bonds. The van der Waals surface area contributed by atoms with E-state index in [4.69, 9.17) is 5.11 Å². The monoisotopic (exact) mass is 225 g/mol. The minimum atomic E-state index is -0.163. The Kier molecular flexibility index (Phi) is 5.07. The predicted molar refractivity (Wildman–Crippen MR) is 62.7 cm³/mol. The molecule has 0 radical (unpaired) electrons. The molecular formula is C11H15NO2S. The second kappa shape index (κ2) is 6.37. The van der Waals surface area contributed by atoms with E-state index in [1.165, 1.54) is 6.08 Å². The van der Waals surface area contributed by atoms with Gasteiger partial charge in [0.1, 0.15) is 0 Å². The van der Waals surface area contributed by atoms with Crippen molar-refractivity contribution < 1.29 is 9.90 Å². The van der Waals surface area contributed by atoms with Gasteiger partial charge in [-0.3, -0.25) is 4.79 Å². The molecule has 0 aliphatic heterocycles. The molecule has 0 unspecified atom stereocenters. The molecule has 2 N–H and O–H groups in total. The second-order valence-electron chi connectivity index (χ2n) is 3.15. The molecule has 0 spiro atoms. The van der Waals surface area contributed by atoms with E-state index in [2.05, 4.69) is 5.32 Å². The molecule has 0 saturated carbocycles. The van der Waals surface area contributed by atoms with Crippen molar-refractivity contribution in [2.45, 2.75) is 19.4 Å². The molecule has 1 heterocycles. The quantitative estimate of drug-likeness (QED) is 0.749. The minimum absolute atomic E-state index is 0.0188. The summed E-state index contributed by atoms with van der Waals surface area (Å²) >= 11 is 1.58. The standard InChI is InChI=1S/C11H15NO2S/c1-2-9(8-13)12-11(14)6-5-10-4-3-7-15-10/h3-7,9,13H,2,8H2,1H3,(H,12,14)/b6-5+/t9-/m1/s1. The van der Waals surface area contributed by atoms with E-state index in [0.29, 0.717) is 0 Å². The van der Waals surface area contributed by atoms with Crippen molar-refractivity contribution in [1.29, 1.82) is 0 Å². The summed E-state index contributed by atoms with van der Waals surface area (Å²) in [6.07, 6.45) is 3.99. The van der Waals surface area contributed by atoms with Gasteiger partial charge in [0.15, 0.2) is 0 Å². The summed E-state index contributed by atoms with van der Waals surface area (Å²) in [5, 5.41) is 13.6. The lowest BCUT2D eigenvalue weighted by Crippen LogP contribution is -2.35. The molecule has 0 aliphatic carbocycles. The highest BCUT2D eigenvalue weighted by Gasteiger charge is 2.05. The van der Waals surface area contributed by atoms with Gasteiger partial charge in [0, 0.05) is 11.0 Å². The number of rotatable bonds is 5. The summed E-state index contributed by atoms with van der Waals surface area (Å²) in [6, 6.07) is 3.73. The van der Waals surface area contributed by atoms with Crippen LogP contribution in [0, 0.1) is 0 Å². The second-order valence-corrected chi connectivity index (χ2v) is 4.12. The van der Waals surface area contributed by atoms with E-state index < -0.39 is 0 Å². The molecule has 4 heteroatoms. The van der Waals surface area contributed by atoms with E-state index in [1.54, 1.807) is 17.4 Å². The minimum Gasteiger partial charge on any atom is -0.394 e. The lowest BCUT2D eigenvalue weighted by molar-refractivity contribution is -0.117. The number of hydrogen-bond donors (Lipinski definition) is 2. The Bertz CT molecular complexity index is 315. The molecule has 3 nitrogen and oxygen atoms in total. The van der Waals surface area contributed by atoms with Gasteiger partial charge in [-0.1, -0.05) is 13.0 Å². The first kappa shape index (κ1) is 11.9. The highest BCUT2D eigenvalue weighted by atomic mass is 32.1. The van der Waals surface area contributed by atoms with Gasteiger partial charge < -0.3 is 10.4 Å². The smallest absolute Gasteiger partial charge is 0.244 e. The predicted octanol–water partition coefficient (Wildman–Crippen LogP) is 1.65. The Hall–Kier alpha value is -1.13. The van der Waals surface area contributed by atoms with Crippen LogP contribution < -0.4 is 5.32 Å². The topological polar surface area (TPSA) is 49.3 Å². The normalized spacial score (nSPS) is 12.9. The van der Waals surface area contributed by atoms with Crippen LogP contribution in [0.15, 0.2) is 23.6 Å². The fraction of sp³-hybridized carbons (Fsp3) is 0.364. The lowest BCUT2D eigenvalue weighted by atomic mass is 10.2. The van der Waals surface area contributed by atoms with Crippen molar-refractivity contribution in [1.82, 2.24) is 5.32 Å². The number of hydrogen-bond acceptors (Lipinski definition) is 3. The van der Waals surface area contributed by atoms with Crippen LogP contribution in [-0.4, -0.2) is 23.7 Å². The third-order valence-corrected chi connectivity index (χ3v) is 2.84. The van der Waals surface area contributed by atoms with Gasteiger partial charge in [0.25, 0.3) is 0 Å². The summed E-state index contributed by atoms with van der Waals surface area (Å²) in [6.45, 7) is 1.90. The van der Waals surface area contributed by atoms with Gasteiger partial charge in [-0.25, -0.2) is 0 Å². The molecule has 1 aromatic heterocycles. The Morgan fingerprint density at radius 2 is 2.53 bits per heavy atom. The van der Waals surface area contributed by atoms with Gasteiger partial charge in [-0.05, 0) is 23.9 Å². The highest BCUT2D eigenvalue weighted by Crippen LogP contribution is 2.09. The Labute approximate surface area is 93.4 Å². The van der Waals surface area contributed by atoms with Gasteiger partial charge in [0.2, 0.25) is 5.91 Å². The van der Waals surface area contributed by atoms with E-state index in [1.807, 2.05) is 24.4 Å². The first-order valence-corrected chi connectivity index (χ1v) is 5.77. The first-order chi connectivity index (χ1) is 7.26. The molecule has 0 bridgehead atoms. The zero-order valence-corrected chi connectivity index (χ0v) is 9.46. The number of thiophene rings is 1. The molecular weight excluding hydrogens is 210 g/mol. The number of aliphatic hydroxyl groups is 1. The van der Waals surface area contributed by atoms with E-state index in [-0.39, 0.29) is 18.6 Å². The van der Waals surface area contributed by atoms with Crippen LogP contribution in [0.2, 0.25) is 0 Å². The molecule has 0 aliphatic rings. The average molecular weight is 225 g/mol. The van der Waals surface area contributed by atoms with Crippen LogP contribution in [0.3, 0.4) is 0 Å². The Morgan fingerprint density at radius 3 is 3.07 bits per heavy atom. The highest BCUT2D eigenvalue weighted by molar-refractivity contribution is 7.10. The van der Waals surface area contributed by atoms with Crippen LogP contribution in [0.5, 0.6) is 0 Å².